The summed E-state index contributed by atoms with van der Waals surface area (Å²) in [5.74, 6) is 1.26. The van der Waals surface area contributed by atoms with E-state index >= 15 is 0 Å². The van der Waals surface area contributed by atoms with Gasteiger partial charge in [-0.2, -0.15) is 0 Å². The van der Waals surface area contributed by atoms with Gasteiger partial charge >= 0.3 is 0 Å². The molecule has 1 aliphatic heterocycles. The molecule has 1 aromatic heterocycles. The second-order valence-corrected chi connectivity index (χ2v) is 10.8. The molecule has 2 heterocycles. The van der Waals surface area contributed by atoms with Crippen LogP contribution in [0.1, 0.15) is 72.8 Å². The van der Waals surface area contributed by atoms with Crippen LogP contribution in [0.2, 0.25) is 0 Å². The summed E-state index contributed by atoms with van der Waals surface area (Å²) in [5.41, 5.74) is 3.56. The maximum atomic E-state index is 13.8. The van der Waals surface area contributed by atoms with Gasteiger partial charge in [-0.15, -0.1) is 0 Å². The molecule has 1 N–H and O–H groups in total. The topological polar surface area (TPSA) is 58.1 Å². The number of hydrogen-bond acceptors (Lipinski definition) is 4. The van der Waals surface area contributed by atoms with E-state index in [1.807, 2.05) is 25.1 Å². The van der Waals surface area contributed by atoms with Crippen LogP contribution in [0.5, 0.6) is 0 Å². The van der Waals surface area contributed by atoms with Crippen molar-refractivity contribution >= 4 is 22.6 Å². The molecule has 1 aliphatic carbocycles. The molecular weight excluding hydrogens is 456 g/mol. The van der Waals surface area contributed by atoms with Gasteiger partial charge in [-0.05, 0) is 60.4 Å². The zero-order chi connectivity index (χ0) is 25.4. The van der Waals surface area contributed by atoms with E-state index in [1.54, 1.807) is 6.20 Å². The van der Waals surface area contributed by atoms with Crippen LogP contribution in [0.25, 0.3) is 10.8 Å². The van der Waals surface area contributed by atoms with Crippen LogP contribution in [0.4, 0.5) is 5.95 Å². The van der Waals surface area contributed by atoms with Crippen LogP contribution in [0.3, 0.4) is 0 Å². The minimum Gasteiger partial charge on any atom is -0.345 e. The second-order valence-electron chi connectivity index (χ2n) is 10.8. The lowest BCUT2D eigenvalue weighted by molar-refractivity contribution is 0.0937. The average molecular weight is 491 g/mol. The fourth-order valence-corrected chi connectivity index (χ4v) is 5.95. The number of rotatable bonds is 6. The predicted molar refractivity (Wildman–Crippen MR) is 149 cm³/mol. The van der Waals surface area contributed by atoms with E-state index in [4.69, 9.17) is 9.97 Å². The molecule has 1 amide bonds. The molecule has 1 saturated heterocycles. The van der Waals surface area contributed by atoms with Crippen molar-refractivity contribution in [2.45, 2.75) is 51.0 Å². The first-order chi connectivity index (χ1) is 18.0. The van der Waals surface area contributed by atoms with Gasteiger partial charge in [0, 0.05) is 24.7 Å². The highest BCUT2D eigenvalue weighted by Crippen LogP contribution is 2.54. The molecule has 2 aliphatic rings. The van der Waals surface area contributed by atoms with Gasteiger partial charge in [-0.3, -0.25) is 4.79 Å². The Morgan fingerprint density at radius 3 is 2.57 bits per heavy atom. The molecule has 0 radical (unpaired) electrons. The van der Waals surface area contributed by atoms with Gasteiger partial charge in [0.25, 0.3) is 5.91 Å². The van der Waals surface area contributed by atoms with Crippen molar-refractivity contribution in [1.82, 2.24) is 15.3 Å². The van der Waals surface area contributed by atoms with E-state index in [-0.39, 0.29) is 17.4 Å². The lowest BCUT2D eigenvalue weighted by atomic mass is 9.89. The monoisotopic (exact) mass is 490 g/mol. The predicted octanol–water partition coefficient (Wildman–Crippen LogP) is 6.44. The van der Waals surface area contributed by atoms with Gasteiger partial charge < -0.3 is 10.2 Å². The molecule has 3 aromatic carbocycles. The number of aromatic nitrogens is 2. The molecule has 188 valence electrons. The van der Waals surface area contributed by atoms with Crippen molar-refractivity contribution in [3.63, 3.8) is 0 Å². The first-order valence-corrected chi connectivity index (χ1v) is 13.5. The third-order valence-corrected chi connectivity index (χ3v) is 8.13. The summed E-state index contributed by atoms with van der Waals surface area (Å²) in [6.07, 6.45) is 6.13. The number of piperidine rings is 1. The largest absolute Gasteiger partial charge is 0.345 e. The Morgan fingerprint density at radius 2 is 1.78 bits per heavy atom. The number of carbonyl (C=O) groups excluding carboxylic acids is 1. The van der Waals surface area contributed by atoms with E-state index in [9.17, 15) is 4.79 Å². The Hall–Kier alpha value is -3.73. The van der Waals surface area contributed by atoms with Crippen LogP contribution in [-0.4, -0.2) is 29.0 Å². The standard InChI is InChI=1S/C32H34N4O/c1-22-10-9-19-36(21-22)31-33-20-28(29(35-31)32(17-18-32)25-13-4-3-5-14-25)30(37)34-23(2)26-16-8-12-24-11-6-7-15-27(24)26/h3-8,11-16,20,22-23H,9-10,17-19,21H2,1-2H3,(H,34,37). The van der Waals surface area contributed by atoms with Gasteiger partial charge in [-0.1, -0.05) is 79.7 Å². The van der Waals surface area contributed by atoms with Gasteiger partial charge in [-0.25, -0.2) is 9.97 Å². The summed E-state index contributed by atoms with van der Waals surface area (Å²) >= 11 is 0. The van der Waals surface area contributed by atoms with Crippen molar-refractivity contribution in [3.8, 4) is 0 Å². The second kappa shape index (κ2) is 9.62. The number of fused-ring (bicyclic) bond motifs is 1. The zero-order valence-corrected chi connectivity index (χ0v) is 21.7. The van der Waals surface area contributed by atoms with E-state index in [2.05, 4.69) is 71.7 Å². The number of benzene rings is 3. The summed E-state index contributed by atoms with van der Waals surface area (Å²) in [6, 6.07) is 24.9. The van der Waals surface area contributed by atoms with E-state index in [1.165, 1.54) is 17.4 Å². The molecular formula is C32H34N4O. The van der Waals surface area contributed by atoms with Crippen molar-refractivity contribution in [2.24, 2.45) is 5.92 Å². The van der Waals surface area contributed by atoms with Crippen LogP contribution < -0.4 is 10.2 Å². The van der Waals surface area contributed by atoms with Gasteiger partial charge in [0.1, 0.15) is 0 Å². The number of nitrogens with one attached hydrogen (secondary N) is 1. The quantitative estimate of drug-likeness (QED) is 0.338. The van der Waals surface area contributed by atoms with Crippen molar-refractivity contribution in [1.29, 1.82) is 0 Å². The Bertz CT molecular complexity index is 1420. The Morgan fingerprint density at radius 1 is 1.03 bits per heavy atom. The number of hydrogen-bond donors (Lipinski definition) is 1. The Kier molecular flexibility index (Phi) is 6.15. The number of amides is 1. The van der Waals surface area contributed by atoms with Crippen molar-refractivity contribution in [2.75, 3.05) is 18.0 Å². The van der Waals surface area contributed by atoms with Gasteiger partial charge in [0.05, 0.1) is 17.3 Å². The summed E-state index contributed by atoms with van der Waals surface area (Å²) in [5, 5.41) is 5.60. The Balaban J connectivity index is 1.37. The first-order valence-electron chi connectivity index (χ1n) is 13.5. The highest BCUT2D eigenvalue weighted by molar-refractivity contribution is 5.96. The molecule has 5 heteroatoms. The summed E-state index contributed by atoms with van der Waals surface area (Å²) in [6.45, 7) is 6.26. The number of anilines is 1. The minimum atomic E-state index is -0.226. The van der Waals surface area contributed by atoms with E-state index < -0.39 is 0 Å². The van der Waals surface area contributed by atoms with Crippen molar-refractivity contribution < 1.29 is 4.79 Å². The van der Waals surface area contributed by atoms with E-state index in [0.717, 1.165) is 54.9 Å². The summed E-state index contributed by atoms with van der Waals surface area (Å²) in [7, 11) is 0. The SMILES string of the molecule is CC1CCCN(c2ncc(C(=O)NC(C)c3cccc4ccccc34)c(C3(c4ccccc4)CC3)n2)C1. The summed E-state index contributed by atoms with van der Waals surface area (Å²) < 4.78 is 0. The van der Waals surface area contributed by atoms with Crippen LogP contribution in [0.15, 0.2) is 79.0 Å². The average Bonchev–Trinajstić information content (AvgIpc) is 3.75. The van der Waals surface area contributed by atoms with Crippen molar-refractivity contribution in [3.05, 3.63) is 101 Å². The van der Waals surface area contributed by atoms with Crippen LogP contribution in [0, 0.1) is 5.92 Å². The number of nitrogens with zero attached hydrogens (tertiary/aromatic N) is 3. The fourth-order valence-electron chi connectivity index (χ4n) is 5.95. The smallest absolute Gasteiger partial charge is 0.255 e. The van der Waals surface area contributed by atoms with Crippen LogP contribution >= 0.6 is 0 Å². The number of carbonyl (C=O) groups is 1. The highest BCUT2D eigenvalue weighted by atomic mass is 16.1. The fraction of sp³-hybridized carbons (Fsp3) is 0.344. The zero-order valence-electron chi connectivity index (χ0n) is 21.7. The third-order valence-electron chi connectivity index (χ3n) is 8.13. The lowest BCUT2D eigenvalue weighted by Crippen LogP contribution is -2.36. The normalized spacial score (nSPS) is 19.4. The molecule has 5 nitrogen and oxygen atoms in total. The molecule has 6 rings (SSSR count). The summed E-state index contributed by atoms with van der Waals surface area (Å²) in [4.78, 5) is 26.0. The van der Waals surface area contributed by atoms with Gasteiger partial charge in [0.15, 0.2) is 0 Å². The molecule has 37 heavy (non-hydrogen) atoms. The lowest BCUT2D eigenvalue weighted by Gasteiger charge is -2.32. The molecule has 4 aromatic rings. The Labute approximate surface area is 219 Å². The molecule has 2 fully saturated rings. The minimum absolute atomic E-state index is 0.115. The third kappa shape index (κ3) is 4.48. The molecule has 1 saturated carbocycles. The first kappa shape index (κ1) is 23.7. The molecule has 0 bridgehead atoms. The molecule has 0 spiro atoms. The maximum Gasteiger partial charge on any atom is 0.255 e. The van der Waals surface area contributed by atoms with Gasteiger partial charge in [0.2, 0.25) is 5.95 Å². The molecule has 2 unspecified atom stereocenters. The van der Waals surface area contributed by atoms with Crippen LogP contribution in [-0.2, 0) is 5.41 Å². The van der Waals surface area contributed by atoms with E-state index in [0.29, 0.717) is 11.5 Å². The molecule has 2 atom stereocenters. The maximum absolute atomic E-state index is 13.8. The highest BCUT2D eigenvalue weighted by Gasteiger charge is 2.49.